The molecule has 2 aromatic heterocycles. The van der Waals surface area contributed by atoms with Crippen LogP contribution in [0.25, 0.3) is 11.6 Å². The number of alkyl halides is 2. The first-order valence-corrected chi connectivity index (χ1v) is 8.29. The highest BCUT2D eigenvalue weighted by atomic mass is 19.3. The molecule has 0 bridgehead atoms. The van der Waals surface area contributed by atoms with E-state index in [9.17, 15) is 13.9 Å². The molecule has 1 fully saturated rings. The lowest BCUT2D eigenvalue weighted by atomic mass is 9.59. The zero-order valence-electron chi connectivity index (χ0n) is 14.4. The van der Waals surface area contributed by atoms with Crippen LogP contribution >= 0.6 is 0 Å². The van der Waals surface area contributed by atoms with E-state index in [-0.39, 0.29) is 17.3 Å². The standard InChI is InChI=1S/C17H14B2F2N4O2/c1-25-12(13(20)21)8-11(23-25)14-22-15(24-27-14)16(6-7-16)9-4-2-3-5-10(9)17(18,19)26/h2-5,8,13,26H,6-7H2,1H3. The maximum atomic E-state index is 13.0. The van der Waals surface area contributed by atoms with Crippen molar-refractivity contribution in [2.75, 3.05) is 0 Å². The van der Waals surface area contributed by atoms with Crippen molar-refractivity contribution in [2.45, 2.75) is 30.1 Å². The van der Waals surface area contributed by atoms with Crippen molar-refractivity contribution in [3.8, 4) is 11.6 Å². The van der Waals surface area contributed by atoms with Gasteiger partial charge in [-0.05, 0) is 30.0 Å². The van der Waals surface area contributed by atoms with Crippen LogP contribution in [0, 0.1) is 0 Å². The predicted octanol–water partition coefficient (Wildman–Crippen LogP) is 1.93. The third-order valence-corrected chi connectivity index (χ3v) is 4.84. The van der Waals surface area contributed by atoms with Crippen LogP contribution in [0.3, 0.4) is 0 Å². The lowest BCUT2D eigenvalue weighted by molar-refractivity contribution is 0.141. The normalized spacial score (nSPS) is 16.0. The van der Waals surface area contributed by atoms with Crippen LogP contribution in [0.2, 0.25) is 0 Å². The fraction of sp³-hybridized carbons (Fsp3) is 0.353. The third-order valence-electron chi connectivity index (χ3n) is 4.84. The summed E-state index contributed by atoms with van der Waals surface area (Å²) >= 11 is 0. The van der Waals surface area contributed by atoms with Crippen LogP contribution in [-0.4, -0.2) is 40.7 Å². The van der Waals surface area contributed by atoms with Crippen LogP contribution < -0.4 is 0 Å². The van der Waals surface area contributed by atoms with Crippen LogP contribution in [0.15, 0.2) is 34.9 Å². The molecule has 4 radical (unpaired) electrons. The van der Waals surface area contributed by atoms with E-state index in [0.717, 1.165) is 4.68 Å². The molecule has 0 atom stereocenters. The Bertz CT molecular complexity index is 993. The number of aromatic nitrogens is 4. The number of halogens is 2. The molecule has 1 aliphatic carbocycles. The van der Waals surface area contributed by atoms with Crippen molar-refractivity contribution in [1.82, 2.24) is 19.9 Å². The Hall–Kier alpha value is -2.48. The van der Waals surface area contributed by atoms with E-state index in [1.165, 1.54) is 13.1 Å². The number of aryl methyl sites for hydroxylation is 1. The average Bonchev–Trinajstić information content (AvgIpc) is 3.08. The van der Waals surface area contributed by atoms with Gasteiger partial charge in [0.15, 0.2) is 11.5 Å². The van der Waals surface area contributed by atoms with Crippen molar-refractivity contribution in [2.24, 2.45) is 7.05 Å². The lowest BCUT2D eigenvalue weighted by Crippen LogP contribution is -2.30. The Labute approximate surface area is 156 Å². The van der Waals surface area contributed by atoms with E-state index >= 15 is 0 Å². The number of hydrogen-bond donors (Lipinski definition) is 1. The number of rotatable bonds is 5. The van der Waals surface area contributed by atoms with Crippen molar-refractivity contribution in [3.63, 3.8) is 0 Å². The van der Waals surface area contributed by atoms with Gasteiger partial charge < -0.3 is 9.63 Å². The minimum Gasteiger partial charge on any atom is -0.405 e. The molecule has 10 heteroatoms. The molecule has 4 rings (SSSR count). The zero-order valence-corrected chi connectivity index (χ0v) is 14.4. The highest BCUT2D eigenvalue weighted by Crippen LogP contribution is 2.54. The van der Waals surface area contributed by atoms with E-state index in [0.29, 0.717) is 29.8 Å². The second-order valence-corrected chi connectivity index (χ2v) is 6.75. The van der Waals surface area contributed by atoms with Crippen LogP contribution in [0.4, 0.5) is 8.78 Å². The largest absolute Gasteiger partial charge is 0.405 e. The predicted molar refractivity (Wildman–Crippen MR) is 93.3 cm³/mol. The van der Waals surface area contributed by atoms with Gasteiger partial charge in [-0.15, -0.1) is 0 Å². The van der Waals surface area contributed by atoms with Gasteiger partial charge in [0.1, 0.15) is 21.4 Å². The smallest absolute Gasteiger partial charge is 0.280 e. The summed E-state index contributed by atoms with van der Waals surface area (Å²) in [6.07, 6.45) is -1.24. The molecule has 0 spiro atoms. The number of benzene rings is 1. The number of nitrogens with zero attached hydrogens (tertiary/aromatic N) is 4. The van der Waals surface area contributed by atoms with E-state index in [1.54, 1.807) is 24.3 Å². The molecule has 134 valence electrons. The quantitative estimate of drug-likeness (QED) is 0.699. The summed E-state index contributed by atoms with van der Waals surface area (Å²) in [5.74, 6) is 0.422. The van der Waals surface area contributed by atoms with Crippen molar-refractivity contribution >= 4 is 15.7 Å². The Balaban J connectivity index is 1.73. The molecule has 0 amide bonds. The minimum atomic E-state index is -2.66. The van der Waals surface area contributed by atoms with E-state index in [2.05, 4.69) is 15.2 Å². The van der Waals surface area contributed by atoms with E-state index in [4.69, 9.17) is 20.2 Å². The Morgan fingerprint density at radius 3 is 2.59 bits per heavy atom. The molecule has 6 nitrogen and oxygen atoms in total. The topological polar surface area (TPSA) is 77.0 Å². The van der Waals surface area contributed by atoms with Crippen LogP contribution in [0.1, 0.15) is 41.9 Å². The Morgan fingerprint density at radius 2 is 2.00 bits per heavy atom. The zero-order chi connectivity index (χ0) is 19.4. The van der Waals surface area contributed by atoms with Gasteiger partial charge in [-0.2, -0.15) is 10.1 Å². The summed E-state index contributed by atoms with van der Waals surface area (Å²) in [5, 5.41) is 16.1. The molecule has 1 saturated carbocycles. The van der Waals surface area contributed by atoms with Gasteiger partial charge in [0.2, 0.25) is 0 Å². The van der Waals surface area contributed by atoms with Crippen molar-refractivity contribution < 1.29 is 18.4 Å². The van der Waals surface area contributed by atoms with Gasteiger partial charge in [-0.1, -0.05) is 29.4 Å². The molecule has 0 unspecified atom stereocenters. The van der Waals surface area contributed by atoms with Gasteiger partial charge in [0, 0.05) is 12.4 Å². The van der Waals surface area contributed by atoms with Crippen LogP contribution in [0.5, 0.6) is 0 Å². The third kappa shape index (κ3) is 2.97. The second-order valence-electron chi connectivity index (χ2n) is 6.75. The highest BCUT2D eigenvalue weighted by Gasteiger charge is 2.52. The molecule has 1 N–H and O–H groups in total. The maximum absolute atomic E-state index is 13.0. The highest BCUT2D eigenvalue weighted by molar-refractivity contribution is 6.38. The van der Waals surface area contributed by atoms with E-state index in [1.807, 2.05) is 0 Å². The summed E-state index contributed by atoms with van der Waals surface area (Å²) in [7, 11) is 12.8. The summed E-state index contributed by atoms with van der Waals surface area (Å²) < 4.78 is 32.3. The Morgan fingerprint density at radius 1 is 1.30 bits per heavy atom. The molecule has 1 aromatic carbocycles. The summed E-state index contributed by atoms with van der Waals surface area (Å²) in [5.41, 5.74) is 0.411. The molecule has 0 aliphatic heterocycles. The van der Waals surface area contributed by atoms with Crippen molar-refractivity contribution in [1.29, 1.82) is 0 Å². The number of aliphatic hydroxyl groups is 1. The van der Waals surface area contributed by atoms with Gasteiger partial charge in [-0.25, -0.2) is 8.78 Å². The van der Waals surface area contributed by atoms with Crippen molar-refractivity contribution in [3.05, 3.63) is 53.0 Å². The molecule has 0 saturated heterocycles. The summed E-state index contributed by atoms with van der Waals surface area (Å²) in [4.78, 5) is 4.37. The SMILES string of the molecule is [B]C([B])(O)c1ccccc1C1(c2noc(-c3cc(C(F)F)n(C)n3)n2)CC1. The molecule has 2 heterocycles. The van der Waals surface area contributed by atoms with Gasteiger partial charge >= 0.3 is 0 Å². The first-order valence-electron chi connectivity index (χ1n) is 8.29. The first kappa shape index (κ1) is 17.9. The first-order chi connectivity index (χ1) is 12.7. The molecule has 1 aliphatic rings. The summed E-state index contributed by atoms with van der Waals surface area (Å²) in [6.45, 7) is 0. The second kappa shape index (κ2) is 6.02. The lowest BCUT2D eigenvalue weighted by Gasteiger charge is -2.26. The average molecular weight is 366 g/mol. The molecule has 27 heavy (non-hydrogen) atoms. The molecular weight excluding hydrogens is 352 g/mol. The van der Waals surface area contributed by atoms with Gasteiger partial charge in [-0.3, -0.25) is 4.68 Å². The minimum absolute atomic E-state index is 0.0482. The summed E-state index contributed by atoms with van der Waals surface area (Å²) in [6, 6.07) is 8.19. The molecule has 3 aromatic rings. The monoisotopic (exact) mass is 366 g/mol. The van der Waals surface area contributed by atoms with Crippen LogP contribution in [-0.2, 0) is 17.9 Å². The molecular formula is C17H14B2F2N4O2. The number of hydrogen-bond acceptors (Lipinski definition) is 5. The van der Waals surface area contributed by atoms with Gasteiger partial charge in [0.25, 0.3) is 12.3 Å². The fourth-order valence-corrected chi connectivity index (χ4v) is 3.30. The van der Waals surface area contributed by atoms with Gasteiger partial charge in [0.05, 0.1) is 5.41 Å². The Kier molecular flexibility index (Phi) is 3.99. The maximum Gasteiger partial charge on any atom is 0.280 e. The fourth-order valence-electron chi connectivity index (χ4n) is 3.30. The van der Waals surface area contributed by atoms with E-state index < -0.39 is 17.2 Å².